The number of aliphatic hydroxyl groups is 1. The van der Waals surface area contributed by atoms with E-state index in [9.17, 15) is 5.11 Å². The minimum atomic E-state index is -0.522. The number of unbranched alkanes of at least 4 members (excludes halogenated alkanes) is 3. The number of hydrogen-bond acceptors (Lipinski definition) is 4. The van der Waals surface area contributed by atoms with Gasteiger partial charge in [0, 0.05) is 5.54 Å². The minimum absolute atomic E-state index is 0.0146. The quantitative estimate of drug-likeness (QED) is 0.394. The molecule has 28 heavy (non-hydrogen) atoms. The Morgan fingerprint density at radius 3 is 2.32 bits per heavy atom. The van der Waals surface area contributed by atoms with Crippen LogP contribution in [0, 0.1) is 11.8 Å². The lowest BCUT2D eigenvalue weighted by molar-refractivity contribution is 0.165. The van der Waals surface area contributed by atoms with E-state index in [1.807, 2.05) is 12.1 Å². The molecule has 0 aliphatic rings. The van der Waals surface area contributed by atoms with Gasteiger partial charge in [0.05, 0.1) is 20.3 Å². The zero-order valence-corrected chi connectivity index (χ0v) is 18.8. The van der Waals surface area contributed by atoms with Crippen LogP contribution in [0.4, 0.5) is 0 Å². The van der Waals surface area contributed by atoms with Gasteiger partial charge in [-0.2, -0.15) is 0 Å². The molecule has 0 radical (unpaired) electrons. The SMILES string of the molecule is COc1cc(CCC(N)(CO)CC(C)C)ccc1OCCCCCCC(C)C. The number of aliphatic hydroxyl groups excluding tert-OH is 1. The first kappa shape index (κ1) is 24.8. The van der Waals surface area contributed by atoms with Crippen molar-refractivity contribution in [2.24, 2.45) is 17.6 Å². The highest BCUT2D eigenvalue weighted by molar-refractivity contribution is 5.43. The van der Waals surface area contributed by atoms with Crippen molar-refractivity contribution in [2.75, 3.05) is 20.3 Å². The Morgan fingerprint density at radius 1 is 1.00 bits per heavy atom. The predicted octanol–water partition coefficient (Wildman–Crippen LogP) is 5.35. The van der Waals surface area contributed by atoms with Gasteiger partial charge in [0.1, 0.15) is 0 Å². The van der Waals surface area contributed by atoms with Crippen LogP contribution in [0.2, 0.25) is 0 Å². The van der Waals surface area contributed by atoms with Gasteiger partial charge in [-0.15, -0.1) is 0 Å². The number of hydrogen-bond donors (Lipinski definition) is 2. The summed E-state index contributed by atoms with van der Waals surface area (Å²) in [6.45, 7) is 9.57. The van der Waals surface area contributed by atoms with Gasteiger partial charge < -0.3 is 20.3 Å². The summed E-state index contributed by atoms with van der Waals surface area (Å²) < 4.78 is 11.5. The summed E-state index contributed by atoms with van der Waals surface area (Å²) in [6, 6.07) is 6.10. The van der Waals surface area contributed by atoms with E-state index in [0.717, 1.165) is 55.3 Å². The highest BCUT2D eigenvalue weighted by Crippen LogP contribution is 2.30. The molecule has 162 valence electrons. The molecule has 1 aromatic rings. The molecule has 0 aliphatic carbocycles. The largest absolute Gasteiger partial charge is 0.493 e. The van der Waals surface area contributed by atoms with E-state index >= 15 is 0 Å². The number of rotatable bonds is 15. The number of nitrogens with two attached hydrogens (primary N) is 1. The van der Waals surface area contributed by atoms with Gasteiger partial charge in [0.15, 0.2) is 11.5 Å². The Hall–Kier alpha value is -1.26. The van der Waals surface area contributed by atoms with E-state index in [-0.39, 0.29) is 6.61 Å². The Labute approximate surface area is 172 Å². The highest BCUT2D eigenvalue weighted by Gasteiger charge is 2.25. The van der Waals surface area contributed by atoms with Crippen LogP contribution in [0.3, 0.4) is 0 Å². The zero-order chi connectivity index (χ0) is 21.0. The molecule has 1 unspecified atom stereocenters. The van der Waals surface area contributed by atoms with E-state index in [1.54, 1.807) is 7.11 Å². The normalized spacial score (nSPS) is 13.8. The van der Waals surface area contributed by atoms with Crippen molar-refractivity contribution in [1.29, 1.82) is 0 Å². The standard InChI is InChI=1S/C24H43NO3/c1-19(2)10-8-6-7-9-15-28-22-12-11-21(16-23(22)27-5)13-14-24(25,18-26)17-20(3)4/h11-12,16,19-20,26H,6-10,13-15,17-18,25H2,1-5H3. The molecular weight excluding hydrogens is 350 g/mol. The van der Waals surface area contributed by atoms with Crippen LogP contribution >= 0.6 is 0 Å². The van der Waals surface area contributed by atoms with Crippen LogP contribution in [0.15, 0.2) is 18.2 Å². The van der Waals surface area contributed by atoms with Crippen LogP contribution in [-0.4, -0.2) is 31.0 Å². The van der Waals surface area contributed by atoms with Gasteiger partial charge in [0.25, 0.3) is 0 Å². The summed E-state index contributed by atoms with van der Waals surface area (Å²) in [7, 11) is 1.68. The first-order chi connectivity index (χ1) is 13.3. The summed E-state index contributed by atoms with van der Waals surface area (Å²) >= 11 is 0. The predicted molar refractivity (Wildman–Crippen MR) is 118 cm³/mol. The molecule has 0 heterocycles. The van der Waals surface area contributed by atoms with Gasteiger partial charge in [-0.1, -0.05) is 59.4 Å². The van der Waals surface area contributed by atoms with Crippen molar-refractivity contribution in [3.63, 3.8) is 0 Å². The van der Waals surface area contributed by atoms with Crippen LogP contribution in [0.1, 0.15) is 78.2 Å². The fourth-order valence-corrected chi connectivity index (χ4v) is 3.63. The summed E-state index contributed by atoms with van der Waals surface area (Å²) in [5.74, 6) is 2.84. The lowest BCUT2D eigenvalue weighted by atomic mass is 9.85. The molecule has 4 nitrogen and oxygen atoms in total. The molecular formula is C24H43NO3. The average molecular weight is 394 g/mol. The molecule has 4 heteroatoms. The molecule has 0 aromatic heterocycles. The Bertz CT molecular complexity index is 545. The van der Waals surface area contributed by atoms with Gasteiger partial charge in [0.2, 0.25) is 0 Å². The molecule has 0 aliphatic heterocycles. The summed E-state index contributed by atoms with van der Waals surface area (Å²) in [5.41, 5.74) is 7.01. The maximum absolute atomic E-state index is 9.69. The molecule has 0 amide bonds. The molecule has 0 saturated carbocycles. The summed E-state index contributed by atoms with van der Waals surface area (Å²) in [5, 5.41) is 9.69. The minimum Gasteiger partial charge on any atom is -0.493 e. The molecule has 0 fully saturated rings. The van der Waals surface area contributed by atoms with Crippen LogP contribution in [0.5, 0.6) is 11.5 Å². The first-order valence-electron chi connectivity index (χ1n) is 11.0. The average Bonchev–Trinajstić information content (AvgIpc) is 2.65. The van der Waals surface area contributed by atoms with Gasteiger partial charge in [-0.3, -0.25) is 0 Å². The highest BCUT2D eigenvalue weighted by atomic mass is 16.5. The van der Waals surface area contributed by atoms with Gasteiger partial charge in [-0.05, 0) is 55.2 Å². The first-order valence-corrected chi connectivity index (χ1v) is 11.0. The van der Waals surface area contributed by atoms with Crippen LogP contribution < -0.4 is 15.2 Å². The fraction of sp³-hybridized carbons (Fsp3) is 0.750. The number of benzene rings is 1. The molecule has 3 N–H and O–H groups in total. The molecule has 1 aromatic carbocycles. The third kappa shape index (κ3) is 9.79. The second-order valence-electron chi connectivity index (χ2n) is 9.05. The number of methoxy groups -OCH3 is 1. The van der Waals surface area contributed by atoms with Crippen molar-refractivity contribution in [1.82, 2.24) is 0 Å². The smallest absolute Gasteiger partial charge is 0.161 e. The second kappa shape index (κ2) is 13.1. The number of aryl methyl sites for hydroxylation is 1. The maximum atomic E-state index is 9.69. The van der Waals surface area contributed by atoms with Gasteiger partial charge >= 0.3 is 0 Å². The lowest BCUT2D eigenvalue weighted by Gasteiger charge is -2.29. The molecule has 1 atom stereocenters. The van der Waals surface area contributed by atoms with Crippen molar-refractivity contribution in [3.05, 3.63) is 23.8 Å². The third-order valence-corrected chi connectivity index (χ3v) is 5.20. The molecule has 1 rings (SSSR count). The number of ether oxygens (including phenoxy) is 2. The zero-order valence-electron chi connectivity index (χ0n) is 18.8. The monoisotopic (exact) mass is 393 g/mol. The van der Waals surface area contributed by atoms with Crippen molar-refractivity contribution >= 4 is 0 Å². The van der Waals surface area contributed by atoms with E-state index in [0.29, 0.717) is 5.92 Å². The fourth-order valence-electron chi connectivity index (χ4n) is 3.63. The third-order valence-electron chi connectivity index (χ3n) is 5.20. The van der Waals surface area contributed by atoms with E-state index in [4.69, 9.17) is 15.2 Å². The van der Waals surface area contributed by atoms with Gasteiger partial charge in [-0.25, -0.2) is 0 Å². The van der Waals surface area contributed by atoms with Crippen LogP contribution in [0.25, 0.3) is 0 Å². The molecule has 0 saturated heterocycles. The summed E-state index contributed by atoms with van der Waals surface area (Å²) in [4.78, 5) is 0. The molecule has 0 spiro atoms. The molecule has 0 bridgehead atoms. The van der Waals surface area contributed by atoms with E-state index < -0.39 is 5.54 Å². The van der Waals surface area contributed by atoms with Crippen molar-refractivity contribution in [2.45, 2.75) is 84.6 Å². The van der Waals surface area contributed by atoms with Crippen molar-refractivity contribution < 1.29 is 14.6 Å². The lowest BCUT2D eigenvalue weighted by Crippen LogP contribution is -2.45. The second-order valence-corrected chi connectivity index (χ2v) is 9.05. The summed E-state index contributed by atoms with van der Waals surface area (Å²) in [6.07, 6.45) is 8.57. The van der Waals surface area contributed by atoms with E-state index in [2.05, 4.69) is 33.8 Å². The van der Waals surface area contributed by atoms with Crippen molar-refractivity contribution in [3.8, 4) is 11.5 Å². The Kier molecular flexibility index (Phi) is 11.6. The Balaban J connectivity index is 2.48. The topological polar surface area (TPSA) is 64.7 Å². The maximum Gasteiger partial charge on any atom is 0.161 e. The van der Waals surface area contributed by atoms with E-state index in [1.165, 1.54) is 25.7 Å². The van der Waals surface area contributed by atoms with Crippen LogP contribution in [-0.2, 0) is 6.42 Å². The Morgan fingerprint density at radius 2 is 1.71 bits per heavy atom.